The molecule has 0 radical (unpaired) electrons. The first-order chi connectivity index (χ1) is 8.92. The van der Waals surface area contributed by atoms with Crippen molar-refractivity contribution in [2.24, 2.45) is 0 Å². The lowest BCUT2D eigenvalue weighted by Crippen LogP contribution is -2.24. The molecule has 6 heteroatoms. The second kappa shape index (κ2) is 4.94. The number of aryl methyl sites for hydroxylation is 1. The molecule has 0 aliphatic carbocycles. The van der Waals surface area contributed by atoms with Gasteiger partial charge in [-0.3, -0.25) is 0 Å². The number of anilines is 1. The molecule has 0 fully saturated rings. The van der Waals surface area contributed by atoms with Gasteiger partial charge in [0, 0.05) is 12.0 Å². The number of nitrogens with two attached hydrogens (primary N) is 1. The van der Waals surface area contributed by atoms with Crippen molar-refractivity contribution < 1.29 is 9.26 Å². The van der Waals surface area contributed by atoms with Crippen LogP contribution in [0.25, 0.3) is 11.5 Å². The van der Waals surface area contributed by atoms with E-state index in [1.54, 1.807) is 7.11 Å². The Morgan fingerprint density at radius 1 is 1.42 bits per heavy atom. The number of nitrogen functional groups attached to an aromatic ring is 1. The van der Waals surface area contributed by atoms with E-state index in [0.717, 1.165) is 22.4 Å². The minimum atomic E-state index is -0.532. The van der Waals surface area contributed by atoms with Crippen molar-refractivity contribution >= 4 is 16.3 Å². The Hall–Kier alpha value is -1.40. The lowest BCUT2D eigenvalue weighted by Gasteiger charge is -2.21. The van der Waals surface area contributed by atoms with E-state index in [0.29, 0.717) is 16.7 Å². The molecule has 0 spiro atoms. The maximum atomic E-state index is 6.02. The zero-order chi connectivity index (χ0) is 14.2. The summed E-state index contributed by atoms with van der Waals surface area (Å²) < 4.78 is 10.8. The van der Waals surface area contributed by atoms with Crippen LogP contribution in [0, 0.1) is 13.8 Å². The molecule has 0 aromatic carbocycles. The standard InChI is InChI=1S/C13H19N3O2S/c1-6-13(4,17-5)12-15-11(18-16-12)9-7(2)8(3)19-10(9)14/h6,14H2,1-5H3. The molecule has 0 saturated heterocycles. The minimum Gasteiger partial charge on any atom is -0.390 e. The van der Waals surface area contributed by atoms with Crippen molar-refractivity contribution in [3.8, 4) is 11.5 Å². The monoisotopic (exact) mass is 281 g/mol. The van der Waals surface area contributed by atoms with Crippen LogP contribution >= 0.6 is 11.3 Å². The third-order valence-electron chi connectivity index (χ3n) is 3.65. The van der Waals surface area contributed by atoms with Gasteiger partial charge in [-0.05, 0) is 32.8 Å². The first-order valence-electron chi connectivity index (χ1n) is 6.18. The van der Waals surface area contributed by atoms with Crippen molar-refractivity contribution in [3.05, 3.63) is 16.3 Å². The quantitative estimate of drug-likeness (QED) is 0.931. The number of hydrogen-bond donors (Lipinski definition) is 1. The molecule has 0 bridgehead atoms. The van der Waals surface area contributed by atoms with E-state index in [2.05, 4.69) is 10.1 Å². The third-order valence-corrected chi connectivity index (χ3v) is 4.69. The second-order valence-corrected chi connectivity index (χ2v) is 5.99. The highest BCUT2D eigenvalue weighted by atomic mass is 32.1. The minimum absolute atomic E-state index is 0.464. The van der Waals surface area contributed by atoms with Crippen molar-refractivity contribution in [1.29, 1.82) is 0 Å². The largest absolute Gasteiger partial charge is 0.390 e. The van der Waals surface area contributed by atoms with Gasteiger partial charge in [0.05, 0.1) is 10.6 Å². The Kier molecular flexibility index (Phi) is 3.64. The highest BCUT2D eigenvalue weighted by Crippen LogP contribution is 2.38. The van der Waals surface area contributed by atoms with Crippen LogP contribution in [-0.4, -0.2) is 17.3 Å². The molecule has 0 aliphatic heterocycles. The highest BCUT2D eigenvalue weighted by Gasteiger charge is 2.31. The number of rotatable bonds is 4. The van der Waals surface area contributed by atoms with Gasteiger partial charge in [0.2, 0.25) is 5.82 Å². The molecule has 0 saturated carbocycles. The zero-order valence-electron chi connectivity index (χ0n) is 11.9. The predicted octanol–water partition coefficient (Wildman–Crippen LogP) is 3.27. The number of ether oxygens (including phenoxy) is 1. The van der Waals surface area contributed by atoms with Crippen molar-refractivity contribution in [2.45, 2.75) is 39.7 Å². The van der Waals surface area contributed by atoms with Crippen molar-refractivity contribution in [3.63, 3.8) is 0 Å². The maximum Gasteiger partial charge on any atom is 0.261 e. The smallest absolute Gasteiger partial charge is 0.261 e. The fraction of sp³-hybridized carbons (Fsp3) is 0.538. The Morgan fingerprint density at radius 2 is 2.11 bits per heavy atom. The van der Waals surface area contributed by atoms with E-state index in [1.165, 1.54) is 11.3 Å². The fourth-order valence-corrected chi connectivity index (χ4v) is 2.78. The molecule has 1 atom stereocenters. The van der Waals surface area contributed by atoms with E-state index >= 15 is 0 Å². The SMILES string of the molecule is CCC(C)(OC)c1noc(-c2c(N)sc(C)c2C)n1. The van der Waals surface area contributed by atoms with Gasteiger partial charge in [-0.2, -0.15) is 4.98 Å². The van der Waals surface area contributed by atoms with Crippen LogP contribution < -0.4 is 5.73 Å². The van der Waals surface area contributed by atoms with E-state index < -0.39 is 5.60 Å². The van der Waals surface area contributed by atoms with Gasteiger partial charge in [0.25, 0.3) is 5.89 Å². The van der Waals surface area contributed by atoms with E-state index in [1.807, 2.05) is 27.7 Å². The van der Waals surface area contributed by atoms with Crippen molar-refractivity contribution in [2.75, 3.05) is 12.8 Å². The molecule has 2 heterocycles. The molecular weight excluding hydrogens is 262 g/mol. The number of nitrogens with zero attached hydrogens (tertiary/aromatic N) is 2. The van der Waals surface area contributed by atoms with E-state index in [4.69, 9.17) is 15.0 Å². The molecular formula is C13H19N3O2S. The Balaban J connectivity index is 2.47. The number of aromatic nitrogens is 2. The first-order valence-corrected chi connectivity index (χ1v) is 6.99. The number of hydrogen-bond acceptors (Lipinski definition) is 6. The Labute approximate surface area is 116 Å². The molecule has 19 heavy (non-hydrogen) atoms. The normalized spacial score (nSPS) is 14.6. The summed E-state index contributed by atoms with van der Waals surface area (Å²) in [5, 5.41) is 4.74. The van der Waals surface area contributed by atoms with Crippen LogP contribution in [0.2, 0.25) is 0 Å². The topological polar surface area (TPSA) is 74.2 Å². The summed E-state index contributed by atoms with van der Waals surface area (Å²) in [6.45, 7) is 8.00. The van der Waals surface area contributed by atoms with E-state index in [-0.39, 0.29) is 0 Å². The molecule has 2 aromatic heterocycles. The molecule has 1 unspecified atom stereocenters. The summed E-state index contributed by atoms with van der Waals surface area (Å²) in [5.74, 6) is 1.02. The number of thiophene rings is 1. The maximum absolute atomic E-state index is 6.02. The highest BCUT2D eigenvalue weighted by molar-refractivity contribution is 7.16. The zero-order valence-corrected chi connectivity index (χ0v) is 12.7. The molecule has 104 valence electrons. The van der Waals surface area contributed by atoms with Gasteiger partial charge in [0.1, 0.15) is 5.60 Å². The van der Waals surface area contributed by atoms with Crippen LogP contribution in [0.15, 0.2) is 4.52 Å². The van der Waals surface area contributed by atoms with Crippen LogP contribution in [0.4, 0.5) is 5.00 Å². The van der Waals surface area contributed by atoms with Gasteiger partial charge in [-0.15, -0.1) is 11.3 Å². The summed E-state index contributed by atoms with van der Waals surface area (Å²) in [6.07, 6.45) is 0.763. The summed E-state index contributed by atoms with van der Waals surface area (Å²) in [4.78, 5) is 5.62. The number of methoxy groups -OCH3 is 1. The van der Waals surface area contributed by atoms with Gasteiger partial charge < -0.3 is 15.0 Å². The molecule has 0 amide bonds. The van der Waals surface area contributed by atoms with Gasteiger partial charge in [-0.1, -0.05) is 12.1 Å². The summed E-state index contributed by atoms with van der Waals surface area (Å²) >= 11 is 1.54. The molecule has 5 nitrogen and oxygen atoms in total. The van der Waals surface area contributed by atoms with E-state index in [9.17, 15) is 0 Å². The second-order valence-electron chi connectivity index (χ2n) is 4.73. The lowest BCUT2D eigenvalue weighted by molar-refractivity contribution is -0.0106. The average molecular weight is 281 g/mol. The average Bonchev–Trinajstić information content (AvgIpc) is 2.95. The first kappa shape index (κ1) is 14.0. The fourth-order valence-electron chi connectivity index (χ4n) is 1.85. The molecule has 2 N–H and O–H groups in total. The third kappa shape index (κ3) is 2.26. The summed E-state index contributed by atoms with van der Waals surface area (Å²) in [7, 11) is 1.65. The van der Waals surface area contributed by atoms with Crippen LogP contribution in [0.3, 0.4) is 0 Å². The lowest BCUT2D eigenvalue weighted by atomic mass is 10.0. The molecule has 0 aliphatic rings. The van der Waals surface area contributed by atoms with Crippen LogP contribution in [-0.2, 0) is 10.3 Å². The summed E-state index contributed by atoms with van der Waals surface area (Å²) in [6, 6.07) is 0. The van der Waals surface area contributed by atoms with Crippen LogP contribution in [0.5, 0.6) is 0 Å². The van der Waals surface area contributed by atoms with Crippen LogP contribution in [0.1, 0.15) is 36.5 Å². The van der Waals surface area contributed by atoms with Gasteiger partial charge in [-0.25, -0.2) is 0 Å². The van der Waals surface area contributed by atoms with Gasteiger partial charge >= 0.3 is 0 Å². The predicted molar refractivity (Wildman–Crippen MR) is 76.1 cm³/mol. The molecule has 2 aromatic rings. The van der Waals surface area contributed by atoms with Gasteiger partial charge in [0.15, 0.2) is 0 Å². The summed E-state index contributed by atoms with van der Waals surface area (Å²) in [5.41, 5.74) is 7.42. The Bertz CT molecular complexity index is 585. The molecule has 2 rings (SSSR count). The van der Waals surface area contributed by atoms with Crippen molar-refractivity contribution in [1.82, 2.24) is 10.1 Å². The Morgan fingerprint density at radius 3 is 2.58 bits per heavy atom.